The first-order valence-electron chi connectivity index (χ1n) is 22.6. The second kappa shape index (κ2) is 44.2. The van der Waals surface area contributed by atoms with Gasteiger partial charge in [0.15, 0.2) is 0 Å². The number of esters is 1. The number of rotatable bonds is 42. The first-order chi connectivity index (χ1) is 28.3. The minimum absolute atomic E-state index is 0.0329. The Bertz CT molecular complexity index is 1170. The summed E-state index contributed by atoms with van der Waals surface area (Å²) in [6, 6.07) is 0. The van der Waals surface area contributed by atoms with Crippen LogP contribution in [0.2, 0.25) is 0 Å². The third kappa shape index (κ3) is 43.2. The lowest BCUT2D eigenvalue weighted by molar-refractivity contribution is -0.154. The minimum atomic E-state index is -4.53. The van der Waals surface area contributed by atoms with Gasteiger partial charge in [-0.15, -0.1) is 0 Å². The average molecular weight is 835 g/mol. The van der Waals surface area contributed by atoms with Crippen LogP contribution < -0.4 is 0 Å². The smallest absolute Gasteiger partial charge is 0.457 e. The molecule has 3 atom stereocenters. The maximum Gasteiger partial charge on any atom is 0.472 e. The molecule has 0 aromatic carbocycles. The predicted molar refractivity (Wildman–Crippen MR) is 242 cm³/mol. The molecule has 3 N–H and O–H groups in total. The number of hydrogen-bond donors (Lipinski definition) is 3. The third-order valence-electron chi connectivity index (χ3n) is 9.08. The zero-order valence-corrected chi connectivity index (χ0v) is 37.4. The van der Waals surface area contributed by atoms with E-state index in [9.17, 15) is 19.4 Å². The molecule has 0 radical (unpaired) electrons. The van der Waals surface area contributed by atoms with Crippen molar-refractivity contribution in [3.8, 4) is 0 Å². The van der Waals surface area contributed by atoms with Crippen LogP contribution in [0.4, 0.5) is 0 Å². The number of ether oxygens (including phenoxy) is 2. The van der Waals surface area contributed by atoms with Gasteiger partial charge >= 0.3 is 13.8 Å². The quantitative estimate of drug-likeness (QED) is 0.0238. The Balaban J connectivity index is 4.17. The summed E-state index contributed by atoms with van der Waals surface area (Å²) in [7, 11) is -4.53. The molecule has 0 aliphatic rings. The van der Waals surface area contributed by atoms with Gasteiger partial charge in [0.05, 0.1) is 26.4 Å². The fourth-order valence-corrected chi connectivity index (χ4v) is 6.50. The molecule has 0 amide bonds. The molecule has 9 nitrogen and oxygen atoms in total. The normalized spacial score (nSPS) is 14.8. The Morgan fingerprint density at radius 2 is 0.931 bits per heavy atom. The summed E-state index contributed by atoms with van der Waals surface area (Å²) in [6.45, 7) is 3.24. The number of phosphoric acid groups is 1. The number of carbonyl (C=O) groups excluding carboxylic acids is 1. The van der Waals surface area contributed by atoms with E-state index in [4.69, 9.17) is 23.6 Å². The van der Waals surface area contributed by atoms with Crippen LogP contribution in [0.5, 0.6) is 0 Å². The number of hydrogen-bond acceptors (Lipinski definition) is 8. The molecular formula is C48H83O9P. The molecule has 0 saturated heterocycles. The summed E-state index contributed by atoms with van der Waals surface area (Å²) in [4.78, 5) is 22.6. The SMILES string of the molecule is CC/C=C\C/C=C\C/C=C\C/C=C\CCCCCCCCCCCOCC(COP(=O)(O)OCC(O)CO)OC(=O)CCCCCCC/C=C\C/C=C\C/C=C\CC. The van der Waals surface area contributed by atoms with Gasteiger partial charge in [-0.05, 0) is 83.5 Å². The maximum absolute atomic E-state index is 12.6. The molecule has 0 fully saturated rings. The highest BCUT2D eigenvalue weighted by molar-refractivity contribution is 7.47. The summed E-state index contributed by atoms with van der Waals surface area (Å²) >= 11 is 0. The van der Waals surface area contributed by atoms with Crippen molar-refractivity contribution in [2.45, 2.75) is 180 Å². The molecule has 3 unspecified atom stereocenters. The molecule has 0 aromatic rings. The lowest BCUT2D eigenvalue weighted by Crippen LogP contribution is -2.29. The van der Waals surface area contributed by atoms with Gasteiger partial charge in [-0.2, -0.15) is 0 Å². The zero-order chi connectivity index (χ0) is 42.5. The summed E-state index contributed by atoms with van der Waals surface area (Å²) < 4.78 is 33.4. The summed E-state index contributed by atoms with van der Waals surface area (Å²) in [5, 5.41) is 18.4. The van der Waals surface area contributed by atoms with E-state index in [1.54, 1.807) is 0 Å². The van der Waals surface area contributed by atoms with Crippen LogP contribution >= 0.6 is 7.82 Å². The van der Waals surface area contributed by atoms with Crippen LogP contribution in [0.3, 0.4) is 0 Å². The second-order valence-electron chi connectivity index (χ2n) is 14.7. The van der Waals surface area contributed by atoms with Gasteiger partial charge < -0.3 is 24.6 Å². The fourth-order valence-electron chi connectivity index (χ4n) is 5.71. The highest BCUT2D eigenvalue weighted by Gasteiger charge is 2.26. The maximum atomic E-state index is 12.6. The van der Waals surface area contributed by atoms with Gasteiger partial charge in [0.1, 0.15) is 12.2 Å². The van der Waals surface area contributed by atoms with E-state index < -0.39 is 45.8 Å². The summed E-state index contributed by atoms with van der Waals surface area (Å²) in [5.41, 5.74) is 0. The van der Waals surface area contributed by atoms with Gasteiger partial charge in [-0.3, -0.25) is 13.8 Å². The number of unbranched alkanes of at least 4 members (excludes halogenated alkanes) is 14. The highest BCUT2D eigenvalue weighted by Crippen LogP contribution is 2.43. The van der Waals surface area contributed by atoms with Crippen molar-refractivity contribution in [2.75, 3.05) is 33.0 Å². The second-order valence-corrected chi connectivity index (χ2v) is 16.1. The van der Waals surface area contributed by atoms with E-state index in [1.165, 1.54) is 38.5 Å². The van der Waals surface area contributed by atoms with E-state index in [0.717, 1.165) is 103 Å². The molecule has 0 rings (SSSR count). The van der Waals surface area contributed by atoms with Gasteiger partial charge in [0.2, 0.25) is 0 Å². The van der Waals surface area contributed by atoms with Crippen molar-refractivity contribution in [3.05, 3.63) is 85.1 Å². The highest BCUT2D eigenvalue weighted by atomic mass is 31.2. The molecule has 334 valence electrons. The van der Waals surface area contributed by atoms with Crippen LogP contribution in [0.25, 0.3) is 0 Å². The van der Waals surface area contributed by atoms with Crippen molar-refractivity contribution in [2.24, 2.45) is 0 Å². The molecular weight excluding hydrogens is 751 g/mol. The zero-order valence-electron chi connectivity index (χ0n) is 36.5. The Labute approximate surface area is 354 Å². The monoisotopic (exact) mass is 835 g/mol. The minimum Gasteiger partial charge on any atom is -0.457 e. The first-order valence-corrected chi connectivity index (χ1v) is 24.1. The molecule has 58 heavy (non-hydrogen) atoms. The fraction of sp³-hybridized carbons (Fsp3) is 0.688. The molecule has 0 heterocycles. The lowest BCUT2D eigenvalue weighted by atomic mass is 10.1. The van der Waals surface area contributed by atoms with Crippen LogP contribution in [0.1, 0.15) is 168 Å². The average Bonchev–Trinajstić information content (AvgIpc) is 3.21. The van der Waals surface area contributed by atoms with Crippen molar-refractivity contribution >= 4 is 13.8 Å². The predicted octanol–water partition coefficient (Wildman–Crippen LogP) is 12.7. The van der Waals surface area contributed by atoms with E-state index in [2.05, 4.69) is 98.9 Å². The number of allylic oxidation sites excluding steroid dienone is 14. The number of carbonyl (C=O) groups is 1. The van der Waals surface area contributed by atoms with Crippen molar-refractivity contribution in [3.63, 3.8) is 0 Å². The molecule has 10 heteroatoms. The Kier molecular flexibility index (Phi) is 42.4. The number of phosphoric ester groups is 1. The van der Waals surface area contributed by atoms with Crippen molar-refractivity contribution in [1.82, 2.24) is 0 Å². The Hall–Kier alpha value is -2.36. The van der Waals surface area contributed by atoms with Gasteiger partial charge in [0, 0.05) is 13.0 Å². The topological polar surface area (TPSA) is 132 Å². The van der Waals surface area contributed by atoms with Gasteiger partial charge in [-0.25, -0.2) is 4.57 Å². The molecule has 0 aliphatic heterocycles. The van der Waals surface area contributed by atoms with E-state index in [-0.39, 0.29) is 13.0 Å². The number of aliphatic hydroxyl groups excluding tert-OH is 2. The summed E-state index contributed by atoms with van der Waals surface area (Å²) in [5.74, 6) is -0.405. The van der Waals surface area contributed by atoms with Crippen LogP contribution in [-0.2, 0) is 27.9 Å². The molecule has 0 saturated carbocycles. The largest absolute Gasteiger partial charge is 0.472 e. The van der Waals surface area contributed by atoms with Crippen LogP contribution in [0, 0.1) is 0 Å². The molecule has 0 bridgehead atoms. The summed E-state index contributed by atoms with van der Waals surface area (Å²) in [6.07, 6.45) is 54.0. The van der Waals surface area contributed by atoms with Crippen molar-refractivity contribution in [1.29, 1.82) is 0 Å². The standard InChI is InChI=1S/C48H83O9P/c1-3-5-7-9-11-13-15-17-19-20-21-22-23-24-25-27-29-31-33-35-37-39-41-54-44-47(45-56-58(52,53)55-43-46(50)42-49)57-48(51)40-38-36-34-32-30-28-26-18-16-14-12-10-8-6-4-2/h5-8,11-14,17-19,21-22,26,46-47,49-50H,3-4,9-10,15-16,20,23-25,27-45H2,1-2H3,(H,52,53)/b7-5-,8-6-,13-11-,14-12-,19-17-,22-21-,26-18-. The van der Waals surface area contributed by atoms with Gasteiger partial charge in [0.25, 0.3) is 0 Å². The van der Waals surface area contributed by atoms with Crippen molar-refractivity contribution < 1.29 is 43.0 Å². The van der Waals surface area contributed by atoms with E-state index in [1.807, 2.05) is 0 Å². The van der Waals surface area contributed by atoms with Crippen LogP contribution in [0.15, 0.2) is 85.1 Å². The Morgan fingerprint density at radius 3 is 1.40 bits per heavy atom. The third-order valence-corrected chi connectivity index (χ3v) is 10.0. The molecule has 0 spiro atoms. The van der Waals surface area contributed by atoms with Gasteiger partial charge in [-0.1, -0.05) is 163 Å². The molecule has 0 aromatic heterocycles. The lowest BCUT2D eigenvalue weighted by Gasteiger charge is -2.20. The van der Waals surface area contributed by atoms with E-state index >= 15 is 0 Å². The number of aliphatic hydroxyl groups is 2. The van der Waals surface area contributed by atoms with E-state index in [0.29, 0.717) is 13.0 Å². The van der Waals surface area contributed by atoms with Crippen LogP contribution in [-0.4, -0.2) is 66.3 Å². The Morgan fingerprint density at radius 1 is 0.534 bits per heavy atom. The molecule has 0 aliphatic carbocycles. The first kappa shape index (κ1) is 55.6.